The fourth-order valence-electron chi connectivity index (χ4n) is 5.48. The number of fused-ring (bicyclic) bond motifs is 2. The number of aromatic nitrogens is 2. The van der Waals surface area contributed by atoms with E-state index in [0.29, 0.717) is 6.04 Å². The molecule has 1 N–H and O–H groups in total. The molecule has 7 heteroatoms. The van der Waals surface area contributed by atoms with Gasteiger partial charge in [0.05, 0.1) is 24.1 Å². The normalized spacial score (nSPS) is 20.9. The maximum atomic E-state index is 13.8. The Kier molecular flexibility index (Phi) is 6.98. The van der Waals surface area contributed by atoms with Gasteiger partial charge >= 0.3 is 0 Å². The number of nitrogens with zero attached hydrogens (tertiary/aromatic N) is 3. The Morgan fingerprint density at radius 2 is 1.81 bits per heavy atom. The molecule has 0 radical (unpaired) electrons. The molecule has 1 aromatic heterocycles. The molecular formula is C30H38FN4OS+. The maximum absolute atomic E-state index is 13.8. The van der Waals surface area contributed by atoms with E-state index in [-0.39, 0.29) is 16.6 Å². The lowest BCUT2D eigenvalue weighted by atomic mass is 9.68. The minimum Gasteiger partial charge on any atom is -0.314 e. The van der Waals surface area contributed by atoms with Gasteiger partial charge < -0.3 is 5.32 Å². The Hall–Kier alpha value is -2.61. The molecule has 1 fully saturated rings. The minimum atomic E-state index is -1.66. The maximum Gasteiger partial charge on any atom is 0.178 e. The molecule has 2 aliphatic rings. The van der Waals surface area contributed by atoms with Crippen molar-refractivity contribution >= 4 is 17.1 Å². The summed E-state index contributed by atoms with van der Waals surface area (Å²) in [5, 5.41) is 8.34. The van der Waals surface area contributed by atoms with Gasteiger partial charge in [-0.25, -0.2) is 9.07 Å². The zero-order valence-corrected chi connectivity index (χ0v) is 23.4. The average Bonchev–Trinajstić information content (AvgIpc) is 3.27. The predicted octanol–water partition coefficient (Wildman–Crippen LogP) is 5.61. The number of rotatable bonds is 6. The third-order valence-electron chi connectivity index (χ3n) is 7.66. The second-order valence-electron chi connectivity index (χ2n) is 11.8. The molecule has 2 atom stereocenters. The molecule has 1 aliphatic heterocycles. The van der Waals surface area contributed by atoms with Crippen LogP contribution in [-0.2, 0) is 27.0 Å². The van der Waals surface area contributed by atoms with E-state index < -0.39 is 11.0 Å². The highest BCUT2D eigenvalue weighted by Crippen LogP contribution is 2.44. The van der Waals surface area contributed by atoms with Crippen LogP contribution in [0.25, 0.3) is 11.8 Å². The fraction of sp³-hybridized carbons (Fsp3) is 0.433. The summed E-state index contributed by atoms with van der Waals surface area (Å²) in [5.41, 5.74) is 5.63. The summed E-state index contributed by atoms with van der Waals surface area (Å²) in [6.07, 6.45) is 5.90. The number of halogens is 1. The summed E-state index contributed by atoms with van der Waals surface area (Å²) < 4.78 is 31.4. The quantitative estimate of drug-likeness (QED) is 0.339. The SMILES string of the molecule is CC(C)NCC12Cc3cnn(-c4ccc(F)cc4)c3C=C1CCN([SH+](=O)c1ccc(C(C)(C)C)cc1)C2. The molecule has 5 rings (SSSR count). The fourth-order valence-corrected chi connectivity index (χ4v) is 6.89. The van der Waals surface area contributed by atoms with Gasteiger partial charge in [0.1, 0.15) is 5.82 Å². The van der Waals surface area contributed by atoms with Crippen molar-refractivity contribution < 1.29 is 8.60 Å². The summed E-state index contributed by atoms with van der Waals surface area (Å²) in [6.45, 7) is 13.2. The first-order valence-corrected chi connectivity index (χ1v) is 14.4. The summed E-state index contributed by atoms with van der Waals surface area (Å²) in [7, 11) is -1.66. The molecule has 2 aromatic carbocycles. The Morgan fingerprint density at radius 1 is 1.11 bits per heavy atom. The van der Waals surface area contributed by atoms with Crippen LogP contribution < -0.4 is 5.32 Å². The van der Waals surface area contributed by atoms with E-state index in [9.17, 15) is 8.60 Å². The van der Waals surface area contributed by atoms with Crippen LogP contribution in [0.2, 0.25) is 0 Å². The summed E-state index contributed by atoms with van der Waals surface area (Å²) in [4.78, 5) is 0.892. The highest BCUT2D eigenvalue weighted by atomic mass is 32.2. The molecule has 1 aliphatic carbocycles. The van der Waals surface area contributed by atoms with E-state index in [0.717, 1.165) is 48.8 Å². The Balaban J connectivity index is 1.44. The van der Waals surface area contributed by atoms with Crippen molar-refractivity contribution in [2.24, 2.45) is 5.41 Å². The summed E-state index contributed by atoms with van der Waals surface area (Å²) >= 11 is 0. The first-order chi connectivity index (χ1) is 17.6. The molecule has 37 heavy (non-hydrogen) atoms. The van der Waals surface area contributed by atoms with E-state index in [1.54, 1.807) is 12.1 Å². The van der Waals surface area contributed by atoms with Gasteiger partial charge in [0, 0.05) is 24.5 Å². The van der Waals surface area contributed by atoms with E-state index in [2.05, 4.69) is 67.5 Å². The molecule has 2 unspecified atom stereocenters. The van der Waals surface area contributed by atoms with Gasteiger partial charge in [-0.3, -0.25) is 0 Å². The molecule has 5 nitrogen and oxygen atoms in total. The number of nitrogens with one attached hydrogen (secondary N) is 1. The lowest BCUT2D eigenvalue weighted by Gasteiger charge is -2.44. The van der Waals surface area contributed by atoms with Crippen LogP contribution in [0.5, 0.6) is 0 Å². The standard InChI is InChI=1S/C30H37FN4OS/c1-21(2)32-19-30-17-22-18-33-35(26-10-8-25(31)9-11-26)28(22)16-24(30)14-15-34(20-30)37(36)27-12-6-23(7-13-27)29(3,4)5/h6-13,16,18,21,32H,14-15,17,19-20H2,1-5H3/p+1. The number of hydrogen-bond acceptors (Lipinski definition) is 3. The van der Waals surface area contributed by atoms with Crippen molar-refractivity contribution in [3.05, 3.63) is 82.9 Å². The molecular weight excluding hydrogens is 483 g/mol. The van der Waals surface area contributed by atoms with Gasteiger partial charge in [-0.15, -0.1) is 4.31 Å². The van der Waals surface area contributed by atoms with Crippen molar-refractivity contribution in [3.63, 3.8) is 0 Å². The molecule has 3 aromatic rings. The van der Waals surface area contributed by atoms with Gasteiger partial charge in [-0.2, -0.15) is 5.10 Å². The summed E-state index contributed by atoms with van der Waals surface area (Å²) in [5.74, 6) is -0.253. The van der Waals surface area contributed by atoms with Gasteiger partial charge in [-0.1, -0.05) is 56.5 Å². The number of benzene rings is 2. The van der Waals surface area contributed by atoms with Crippen molar-refractivity contribution in [1.29, 1.82) is 0 Å². The summed E-state index contributed by atoms with van der Waals surface area (Å²) in [6, 6.07) is 15.1. The van der Waals surface area contributed by atoms with E-state index >= 15 is 0 Å². The first-order valence-electron chi connectivity index (χ1n) is 13.2. The molecule has 0 saturated carbocycles. The monoisotopic (exact) mass is 521 g/mol. The topological polar surface area (TPSA) is 50.2 Å². The number of piperidine rings is 1. The van der Waals surface area contributed by atoms with Crippen molar-refractivity contribution in [2.45, 2.75) is 63.8 Å². The van der Waals surface area contributed by atoms with Crippen LogP contribution in [0.1, 0.15) is 57.9 Å². The van der Waals surface area contributed by atoms with E-state index in [1.807, 2.05) is 23.0 Å². The largest absolute Gasteiger partial charge is 0.314 e. The van der Waals surface area contributed by atoms with Gasteiger partial charge in [0.2, 0.25) is 0 Å². The zero-order valence-electron chi connectivity index (χ0n) is 22.5. The van der Waals surface area contributed by atoms with Crippen LogP contribution in [0.3, 0.4) is 0 Å². The van der Waals surface area contributed by atoms with E-state index in [4.69, 9.17) is 0 Å². The average molecular weight is 522 g/mol. The van der Waals surface area contributed by atoms with Crippen LogP contribution in [0, 0.1) is 11.2 Å². The van der Waals surface area contributed by atoms with Crippen molar-refractivity contribution in [2.75, 3.05) is 19.6 Å². The molecule has 2 heterocycles. The Bertz CT molecular complexity index is 1320. The van der Waals surface area contributed by atoms with Crippen LogP contribution in [-0.4, -0.2) is 39.8 Å². The molecule has 196 valence electrons. The van der Waals surface area contributed by atoms with Crippen LogP contribution in [0.4, 0.5) is 4.39 Å². The lowest BCUT2D eigenvalue weighted by molar-refractivity contribution is 0.205. The molecule has 0 bridgehead atoms. The first kappa shape index (κ1) is 26.0. The van der Waals surface area contributed by atoms with Crippen LogP contribution in [0.15, 0.2) is 65.2 Å². The molecule has 0 amide bonds. The van der Waals surface area contributed by atoms with Gasteiger partial charge in [0.25, 0.3) is 0 Å². The lowest BCUT2D eigenvalue weighted by Crippen LogP contribution is -2.53. The molecule has 0 spiro atoms. The highest BCUT2D eigenvalue weighted by molar-refractivity contribution is 7.82. The third-order valence-corrected chi connectivity index (χ3v) is 9.26. The Labute approximate surface area is 222 Å². The zero-order chi connectivity index (χ0) is 26.4. The predicted molar refractivity (Wildman–Crippen MR) is 150 cm³/mol. The van der Waals surface area contributed by atoms with Crippen molar-refractivity contribution in [1.82, 2.24) is 19.4 Å². The smallest absolute Gasteiger partial charge is 0.178 e. The van der Waals surface area contributed by atoms with Crippen molar-refractivity contribution in [3.8, 4) is 5.69 Å². The van der Waals surface area contributed by atoms with Crippen LogP contribution >= 0.6 is 0 Å². The number of hydrogen-bond donors (Lipinski definition) is 1. The Morgan fingerprint density at radius 3 is 2.46 bits per heavy atom. The molecule has 1 saturated heterocycles. The number of thiol groups is 1. The van der Waals surface area contributed by atoms with Gasteiger partial charge in [0.15, 0.2) is 15.9 Å². The second kappa shape index (κ2) is 9.93. The third kappa shape index (κ3) is 5.22. The van der Waals surface area contributed by atoms with E-state index in [1.165, 1.54) is 28.8 Å². The highest BCUT2D eigenvalue weighted by Gasteiger charge is 2.46. The minimum absolute atomic E-state index is 0.0692. The van der Waals surface area contributed by atoms with Gasteiger partial charge in [-0.05, 0) is 71.9 Å². The second-order valence-corrected chi connectivity index (χ2v) is 13.4.